The number of hydrogen-bond donors (Lipinski definition) is 1. The van der Waals surface area contributed by atoms with E-state index in [-0.39, 0.29) is 12.5 Å². The zero-order chi connectivity index (χ0) is 20.4. The summed E-state index contributed by atoms with van der Waals surface area (Å²) in [6.45, 7) is 7.82. The topological polar surface area (TPSA) is 67.9 Å². The lowest BCUT2D eigenvalue weighted by atomic mass is 10.0. The van der Waals surface area contributed by atoms with Gasteiger partial charge in [0.15, 0.2) is 0 Å². The molecule has 2 amide bonds. The van der Waals surface area contributed by atoms with Crippen molar-refractivity contribution in [2.24, 2.45) is 0 Å². The summed E-state index contributed by atoms with van der Waals surface area (Å²) in [5, 5.41) is 2.71. The number of hydrogen-bond acceptors (Lipinski definition) is 4. The van der Waals surface area contributed by atoms with Gasteiger partial charge in [-0.3, -0.25) is 10.1 Å². The van der Waals surface area contributed by atoms with Crippen LogP contribution in [-0.2, 0) is 26.6 Å². The number of nitrogens with one attached hydrogen (secondary N) is 1. The summed E-state index contributed by atoms with van der Waals surface area (Å²) in [5.41, 5.74) is -0.114. The Morgan fingerprint density at radius 1 is 1.07 bits per heavy atom. The number of nitrogens with zero attached hydrogens (tertiary/aromatic N) is 1. The summed E-state index contributed by atoms with van der Waals surface area (Å²) in [6, 6.07) is 16.8. The highest BCUT2D eigenvalue weighted by molar-refractivity contribution is 6.08. The van der Waals surface area contributed by atoms with Crippen LogP contribution in [0.5, 0.6) is 0 Å². The summed E-state index contributed by atoms with van der Waals surface area (Å²) < 4.78 is 11.5. The molecule has 0 bridgehead atoms. The molecule has 28 heavy (non-hydrogen) atoms. The summed E-state index contributed by atoms with van der Waals surface area (Å²) in [4.78, 5) is 27.6. The van der Waals surface area contributed by atoms with Gasteiger partial charge in [0, 0.05) is 12.1 Å². The quantitative estimate of drug-likeness (QED) is 0.795. The van der Waals surface area contributed by atoms with E-state index in [0.29, 0.717) is 12.1 Å². The largest absolute Gasteiger partial charge is 0.444 e. The van der Waals surface area contributed by atoms with Crippen LogP contribution < -0.4 is 10.2 Å². The van der Waals surface area contributed by atoms with Crippen LogP contribution in [0.15, 0.2) is 54.6 Å². The Morgan fingerprint density at radius 3 is 2.36 bits per heavy atom. The smallest absolute Gasteiger partial charge is 0.410 e. The molecule has 0 saturated heterocycles. The van der Waals surface area contributed by atoms with E-state index in [0.717, 1.165) is 11.3 Å². The van der Waals surface area contributed by atoms with E-state index < -0.39 is 17.4 Å². The maximum atomic E-state index is 13.4. The minimum atomic E-state index is -1.63. The maximum Gasteiger partial charge on any atom is 0.410 e. The number of anilines is 1. The monoisotopic (exact) mass is 382 g/mol. The first-order valence-corrected chi connectivity index (χ1v) is 9.37. The number of carbonyl (C=O) groups excluding carboxylic acids is 2. The van der Waals surface area contributed by atoms with Crippen molar-refractivity contribution in [3.8, 4) is 0 Å². The molecule has 1 aliphatic heterocycles. The van der Waals surface area contributed by atoms with Gasteiger partial charge < -0.3 is 14.4 Å². The summed E-state index contributed by atoms with van der Waals surface area (Å²) >= 11 is 0. The number of carbonyl (C=O) groups is 2. The Balaban J connectivity index is 1.99. The van der Waals surface area contributed by atoms with E-state index in [9.17, 15) is 9.59 Å². The van der Waals surface area contributed by atoms with Gasteiger partial charge in [-0.15, -0.1) is 0 Å². The van der Waals surface area contributed by atoms with Crippen molar-refractivity contribution in [1.82, 2.24) is 5.32 Å². The molecule has 148 valence electrons. The van der Waals surface area contributed by atoms with E-state index in [2.05, 4.69) is 5.32 Å². The molecule has 1 aliphatic rings. The van der Waals surface area contributed by atoms with Gasteiger partial charge in [0.05, 0.1) is 12.3 Å². The fourth-order valence-electron chi connectivity index (χ4n) is 3.24. The number of ether oxygens (including phenoxy) is 2. The molecule has 2 aromatic carbocycles. The Morgan fingerprint density at radius 2 is 1.71 bits per heavy atom. The average molecular weight is 382 g/mol. The number of para-hydroxylation sites is 1. The third-order valence-electron chi connectivity index (χ3n) is 4.41. The normalized spacial score (nSPS) is 18.7. The van der Waals surface area contributed by atoms with Crippen molar-refractivity contribution >= 4 is 17.7 Å². The van der Waals surface area contributed by atoms with Gasteiger partial charge in [-0.1, -0.05) is 48.5 Å². The number of rotatable bonds is 5. The third-order valence-corrected chi connectivity index (χ3v) is 4.41. The summed E-state index contributed by atoms with van der Waals surface area (Å²) in [6.07, 6.45) is -0.707. The molecule has 3 rings (SSSR count). The first-order valence-electron chi connectivity index (χ1n) is 9.37. The molecular weight excluding hydrogens is 356 g/mol. The van der Waals surface area contributed by atoms with Crippen LogP contribution in [0.25, 0.3) is 0 Å². The Labute approximate surface area is 165 Å². The van der Waals surface area contributed by atoms with Gasteiger partial charge in [-0.25, -0.2) is 4.79 Å². The van der Waals surface area contributed by atoms with Crippen molar-refractivity contribution in [3.63, 3.8) is 0 Å². The minimum absolute atomic E-state index is 0.161. The average Bonchev–Trinajstić information content (AvgIpc) is 2.87. The van der Waals surface area contributed by atoms with Crippen molar-refractivity contribution in [2.45, 2.75) is 45.6 Å². The van der Waals surface area contributed by atoms with Crippen LogP contribution >= 0.6 is 0 Å². The van der Waals surface area contributed by atoms with Gasteiger partial charge in [0.2, 0.25) is 0 Å². The Kier molecular flexibility index (Phi) is 5.42. The zero-order valence-electron chi connectivity index (χ0n) is 16.7. The second-order valence-corrected chi connectivity index (χ2v) is 7.65. The van der Waals surface area contributed by atoms with Crippen molar-refractivity contribution < 1.29 is 19.1 Å². The number of alkyl carbamates (subject to hydrolysis) is 1. The van der Waals surface area contributed by atoms with Crippen molar-refractivity contribution in [1.29, 1.82) is 0 Å². The predicted molar refractivity (Wildman–Crippen MR) is 107 cm³/mol. The molecule has 0 spiro atoms. The van der Waals surface area contributed by atoms with E-state index >= 15 is 0 Å². The minimum Gasteiger partial charge on any atom is -0.444 e. The number of benzene rings is 2. The summed E-state index contributed by atoms with van der Waals surface area (Å²) in [7, 11) is 0. The van der Waals surface area contributed by atoms with Gasteiger partial charge >= 0.3 is 6.09 Å². The number of amides is 2. The Hall–Kier alpha value is -2.86. The zero-order valence-corrected chi connectivity index (χ0v) is 16.7. The molecule has 0 aromatic heterocycles. The predicted octanol–water partition coefficient (Wildman–Crippen LogP) is 3.95. The van der Waals surface area contributed by atoms with Crippen LogP contribution in [0.4, 0.5) is 10.5 Å². The van der Waals surface area contributed by atoms with Gasteiger partial charge in [0.1, 0.15) is 5.60 Å². The lowest BCUT2D eigenvalue weighted by Gasteiger charge is -2.31. The standard InChI is InChI=1S/C22H26N2O4/c1-5-24-18-14-10-9-13-17(18)22(19(24)25,23-20(26)28-21(2,3)4)27-15-16-11-7-6-8-12-16/h6-14H,5,15H2,1-4H3,(H,23,26)/t22-/m1/s1. The molecule has 1 N–H and O–H groups in total. The maximum absolute atomic E-state index is 13.4. The highest BCUT2D eigenvalue weighted by Gasteiger charge is 2.53. The highest BCUT2D eigenvalue weighted by Crippen LogP contribution is 2.41. The molecule has 0 unspecified atom stereocenters. The second-order valence-electron chi connectivity index (χ2n) is 7.65. The fourth-order valence-corrected chi connectivity index (χ4v) is 3.24. The molecule has 0 fully saturated rings. The van der Waals surface area contributed by atoms with Gasteiger partial charge in [0.25, 0.3) is 11.6 Å². The first-order chi connectivity index (χ1) is 13.3. The molecule has 6 heteroatoms. The summed E-state index contributed by atoms with van der Waals surface area (Å²) in [5.74, 6) is -0.335. The van der Waals surface area contributed by atoms with E-state index in [4.69, 9.17) is 9.47 Å². The van der Waals surface area contributed by atoms with Crippen LogP contribution in [0.2, 0.25) is 0 Å². The fraction of sp³-hybridized carbons (Fsp3) is 0.364. The van der Waals surface area contributed by atoms with Crippen LogP contribution in [0.1, 0.15) is 38.8 Å². The van der Waals surface area contributed by atoms with E-state index in [1.54, 1.807) is 31.7 Å². The molecule has 0 radical (unpaired) electrons. The van der Waals surface area contributed by atoms with E-state index in [1.165, 1.54) is 0 Å². The third kappa shape index (κ3) is 3.87. The molecule has 0 aliphatic carbocycles. The van der Waals surface area contributed by atoms with Crippen LogP contribution in [-0.4, -0.2) is 24.1 Å². The highest BCUT2D eigenvalue weighted by atomic mass is 16.6. The van der Waals surface area contributed by atoms with Gasteiger partial charge in [-0.05, 0) is 39.3 Å². The van der Waals surface area contributed by atoms with Crippen molar-refractivity contribution in [3.05, 3.63) is 65.7 Å². The molecule has 1 atom stereocenters. The molecule has 1 heterocycles. The lowest BCUT2D eigenvalue weighted by Crippen LogP contribution is -2.55. The number of likely N-dealkylation sites (N-methyl/N-ethyl adjacent to an activating group) is 1. The van der Waals surface area contributed by atoms with Gasteiger partial charge in [-0.2, -0.15) is 0 Å². The SMILES string of the molecule is CCN1C(=O)[C@](NC(=O)OC(C)(C)C)(OCc2ccccc2)c2ccccc21. The molecule has 0 saturated carbocycles. The molecule has 6 nitrogen and oxygen atoms in total. The molecular formula is C22H26N2O4. The lowest BCUT2D eigenvalue weighted by molar-refractivity contribution is -0.151. The van der Waals surface area contributed by atoms with Crippen LogP contribution in [0, 0.1) is 0 Å². The number of fused-ring (bicyclic) bond motifs is 1. The van der Waals surface area contributed by atoms with E-state index in [1.807, 2.05) is 55.5 Å². The first kappa shape index (κ1) is 19.9. The second kappa shape index (κ2) is 7.64. The Bertz CT molecular complexity index is 860. The van der Waals surface area contributed by atoms with Crippen molar-refractivity contribution in [2.75, 3.05) is 11.4 Å². The van der Waals surface area contributed by atoms with Crippen LogP contribution in [0.3, 0.4) is 0 Å². The molecule has 2 aromatic rings.